The maximum atomic E-state index is 12.9. The topological polar surface area (TPSA) is 63.5 Å². The molecule has 0 bridgehead atoms. The van der Waals surface area contributed by atoms with Crippen molar-refractivity contribution in [2.75, 3.05) is 64.6 Å². The monoisotopic (exact) mass is 408 g/mol. The molecule has 1 aliphatic rings. The van der Waals surface area contributed by atoms with E-state index in [0.717, 1.165) is 43.1 Å². The van der Waals surface area contributed by atoms with E-state index in [4.69, 9.17) is 0 Å². The maximum Gasteiger partial charge on any atom is 0.321 e. The highest BCUT2D eigenvalue weighted by Gasteiger charge is 2.19. The number of urea groups is 1. The number of carbonyl (C=O) groups is 1. The Morgan fingerprint density at radius 3 is 2.37 bits per heavy atom. The molecule has 1 heterocycles. The Labute approximate surface area is 179 Å². The van der Waals surface area contributed by atoms with Gasteiger partial charge in [-0.05, 0) is 37.4 Å². The zero-order chi connectivity index (χ0) is 21.5. The smallest absolute Gasteiger partial charge is 0.321 e. The molecule has 0 unspecified atom stereocenters. The van der Waals surface area contributed by atoms with Crippen molar-refractivity contribution >= 4 is 17.4 Å². The van der Waals surface area contributed by atoms with Crippen molar-refractivity contribution in [3.63, 3.8) is 0 Å². The van der Waals surface area contributed by atoms with Crippen molar-refractivity contribution < 1.29 is 4.79 Å². The van der Waals surface area contributed by atoms with Gasteiger partial charge in [-0.25, -0.2) is 4.79 Å². The van der Waals surface area contributed by atoms with Crippen LogP contribution in [0, 0.1) is 0 Å². The number of nitrogens with one attached hydrogen (secondary N) is 1. The summed E-state index contributed by atoms with van der Waals surface area (Å²) in [6.07, 6.45) is 0. The molecule has 1 aliphatic heterocycles. The molecule has 7 heteroatoms. The van der Waals surface area contributed by atoms with Crippen molar-refractivity contribution in [1.82, 2.24) is 9.80 Å². The van der Waals surface area contributed by atoms with Crippen LogP contribution in [0.3, 0.4) is 0 Å². The Hall–Kier alpha value is -2.93. The fourth-order valence-electron chi connectivity index (χ4n) is 3.42. The Morgan fingerprint density at radius 1 is 1.00 bits per heavy atom. The van der Waals surface area contributed by atoms with Gasteiger partial charge in [0.25, 0.3) is 0 Å². The molecule has 0 fully saturated rings. The molecule has 30 heavy (non-hydrogen) atoms. The van der Waals surface area contributed by atoms with Crippen LogP contribution in [0.1, 0.15) is 17.0 Å². The second-order valence-corrected chi connectivity index (χ2v) is 8.12. The summed E-state index contributed by atoms with van der Waals surface area (Å²) in [6.45, 7) is 3.80. The molecule has 7 nitrogen and oxygen atoms in total. The molecule has 0 spiro atoms. The van der Waals surface area contributed by atoms with Gasteiger partial charge < -0.3 is 20.0 Å². The predicted octanol–water partition coefficient (Wildman–Crippen LogP) is 3.90. The Balaban J connectivity index is 1.76. The molecular weight excluding hydrogens is 376 g/mol. The van der Waals surface area contributed by atoms with Crippen LogP contribution in [0.25, 0.3) is 0 Å². The normalized spacial score (nSPS) is 13.6. The molecule has 1 N–H and O–H groups in total. The largest absolute Gasteiger partial charge is 0.372 e. The molecule has 0 aliphatic carbocycles. The minimum atomic E-state index is -0.125. The zero-order valence-electron chi connectivity index (χ0n) is 18.4. The van der Waals surface area contributed by atoms with Gasteiger partial charge in [0.15, 0.2) is 0 Å². The lowest BCUT2D eigenvalue weighted by Crippen LogP contribution is -2.33. The van der Waals surface area contributed by atoms with E-state index in [9.17, 15) is 4.79 Å². The van der Waals surface area contributed by atoms with Gasteiger partial charge in [0, 0.05) is 39.6 Å². The highest BCUT2D eigenvalue weighted by atomic mass is 16.2. The standard InChI is InChI=1S/C23H32N6O/c1-27(2)12-13-28(3)22-14-19(20-15-24-25-16-20)10-11-21(22)26-23(30)29(4)17-18-8-6-5-7-9-18/h5-11,14,20H,12-13,15-17H2,1-4H3,(H,26,30). The number of likely N-dealkylation sites (N-methyl/N-ethyl adjacent to an activating group) is 2. The number of azo groups is 1. The lowest BCUT2D eigenvalue weighted by Gasteiger charge is -2.26. The summed E-state index contributed by atoms with van der Waals surface area (Å²) in [5.41, 5.74) is 4.14. The number of benzene rings is 2. The lowest BCUT2D eigenvalue weighted by atomic mass is 9.98. The van der Waals surface area contributed by atoms with Crippen LogP contribution in [0.15, 0.2) is 58.8 Å². The van der Waals surface area contributed by atoms with E-state index in [-0.39, 0.29) is 6.03 Å². The van der Waals surface area contributed by atoms with Gasteiger partial charge in [-0.1, -0.05) is 36.4 Å². The Kier molecular flexibility index (Phi) is 7.41. The average Bonchev–Trinajstić information content (AvgIpc) is 3.28. The summed E-state index contributed by atoms with van der Waals surface area (Å²) >= 11 is 0. The molecule has 0 saturated carbocycles. The first-order valence-corrected chi connectivity index (χ1v) is 10.3. The summed E-state index contributed by atoms with van der Waals surface area (Å²) in [5, 5.41) is 11.4. The summed E-state index contributed by atoms with van der Waals surface area (Å²) < 4.78 is 0. The molecule has 3 rings (SSSR count). The van der Waals surface area contributed by atoms with Crippen LogP contribution in [0.5, 0.6) is 0 Å². The molecule has 0 atom stereocenters. The third kappa shape index (κ3) is 5.79. The first-order valence-electron chi connectivity index (χ1n) is 10.3. The van der Waals surface area contributed by atoms with E-state index in [1.54, 1.807) is 4.90 Å². The number of amides is 2. The van der Waals surface area contributed by atoms with E-state index in [0.29, 0.717) is 12.5 Å². The zero-order valence-corrected chi connectivity index (χ0v) is 18.4. The van der Waals surface area contributed by atoms with Crippen molar-refractivity contribution in [2.45, 2.75) is 12.5 Å². The fourth-order valence-corrected chi connectivity index (χ4v) is 3.42. The molecule has 2 amide bonds. The molecular formula is C23H32N6O. The third-order valence-corrected chi connectivity index (χ3v) is 5.34. The highest BCUT2D eigenvalue weighted by Crippen LogP contribution is 2.31. The van der Waals surface area contributed by atoms with Crippen LogP contribution in [0.4, 0.5) is 16.2 Å². The van der Waals surface area contributed by atoms with E-state index in [1.165, 1.54) is 5.56 Å². The number of hydrogen-bond donors (Lipinski definition) is 1. The minimum absolute atomic E-state index is 0.125. The number of hydrogen-bond acceptors (Lipinski definition) is 5. The molecule has 2 aromatic rings. The summed E-state index contributed by atoms with van der Waals surface area (Å²) in [6, 6.07) is 16.1. The minimum Gasteiger partial charge on any atom is -0.372 e. The summed E-state index contributed by atoms with van der Waals surface area (Å²) in [4.78, 5) is 18.9. The van der Waals surface area contributed by atoms with Gasteiger partial charge in [0.05, 0.1) is 24.5 Å². The fraction of sp³-hybridized carbons (Fsp3) is 0.435. The summed E-state index contributed by atoms with van der Waals surface area (Å²) in [5.74, 6) is 0.316. The van der Waals surface area contributed by atoms with Gasteiger partial charge in [-0.15, -0.1) is 0 Å². The SMILES string of the molecule is CN(C)CCN(C)c1cc(C2CN=NC2)ccc1NC(=O)N(C)Cc1ccccc1. The third-order valence-electron chi connectivity index (χ3n) is 5.34. The van der Waals surface area contributed by atoms with Crippen LogP contribution >= 0.6 is 0 Å². The number of anilines is 2. The van der Waals surface area contributed by atoms with Gasteiger partial charge in [0.1, 0.15) is 0 Å². The van der Waals surface area contributed by atoms with E-state index in [2.05, 4.69) is 58.6 Å². The second-order valence-electron chi connectivity index (χ2n) is 8.12. The number of rotatable bonds is 8. The lowest BCUT2D eigenvalue weighted by molar-refractivity contribution is 0.220. The van der Waals surface area contributed by atoms with Crippen molar-refractivity contribution in [1.29, 1.82) is 0 Å². The maximum absolute atomic E-state index is 12.9. The molecule has 0 saturated heterocycles. The molecule has 0 radical (unpaired) electrons. The molecule has 160 valence electrons. The van der Waals surface area contributed by atoms with Gasteiger partial charge in [0.2, 0.25) is 0 Å². The van der Waals surface area contributed by atoms with Crippen molar-refractivity contribution in [3.05, 3.63) is 59.7 Å². The van der Waals surface area contributed by atoms with Gasteiger partial charge in [-0.3, -0.25) is 0 Å². The number of nitrogens with zero attached hydrogens (tertiary/aromatic N) is 5. The van der Waals surface area contributed by atoms with Crippen LogP contribution in [0.2, 0.25) is 0 Å². The first kappa shape index (κ1) is 21.8. The first-order chi connectivity index (χ1) is 14.4. The van der Waals surface area contributed by atoms with E-state index >= 15 is 0 Å². The Bertz CT molecular complexity index is 859. The average molecular weight is 409 g/mol. The summed E-state index contributed by atoms with van der Waals surface area (Å²) in [7, 11) is 8.00. The Morgan fingerprint density at radius 2 is 1.70 bits per heavy atom. The molecule has 0 aromatic heterocycles. The second kappa shape index (κ2) is 10.2. The van der Waals surface area contributed by atoms with Crippen molar-refractivity contribution in [2.24, 2.45) is 10.2 Å². The quantitative estimate of drug-likeness (QED) is 0.721. The van der Waals surface area contributed by atoms with Crippen LogP contribution < -0.4 is 10.2 Å². The van der Waals surface area contributed by atoms with Crippen LogP contribution in [-0.4, -0.2) is 70.2 Å². The van der Waals surface area contributed by atoms with E-state index < -0.39 is 0 Å². The highest BCUT2D eigenvalue weighted by molar-refractivity contribution is 5.93. The van der Waals surface area contributed by atoms with E-state index in [1.807, 2.05) is 43.4 Å². The van der Waals surface area contributed by atoms with Crippen molar-refractivity contribution in [3.8, 4) is 0 Å². The van der Waals surface area contributed by atoms with Gasteiger partial charge in [-0.2, -0.15) is 10.2 Å². The molecule has 2 aromatic carbocycles. The number of carbonyl (C=O) groups excluding carboxylic acids is 1. The van der Waals surface area contributed by atoms with Crippen LogP contribution in [-0.2, 0) is 6.54 Å². The predicted molar refractivity (Wildman–Crippen MR) is 123 cm³/mol. The van der Waals surface area contributed by atoms with Gasteiger partial charge >= 0.3 is 6.03 Å².